The van der Waals surface area contributed by atoms with E-state index in [1.54, 1.807) is 43.3 Å². The largest absolute Gasteiger partial charge is 0.399 e. The van der Waals surface area contributed by atoms with E-state index < -0.39 is 17.7 Å². The Morgan fingerprint density at radius 1 is 1.00 bits per heavy atom. The molecule has 0 atom stereocenters. The van der Waals surface area contributed by atoms with Crippen LogP contribution in [0.1, 0.15) is 17.3 Å². The SMILES string of the molecule is CCN(C(=O)C(=O)NC(=O)c1ccc(N)cc1)c1ccccc1. The first-order valence-corrected chi connectivity index (χ1v) is 7.10. The molecule has 6 nitrogen and oxygen atoms in total. The van der Waals surface area contributed by atoms with Crippen LogP contribution in [0.5, 0.6) is 0 Å². The van der Waals surface area contributed by atoms with Gasteiger partial charge in [0.15, 0.2) is 0 Å². The van der Waals surface area contributed by atoms with E-state index in [9.17, 15) is 14.4 Å². The van der Waals surface area contributed by atoms with Crippen molar-refractivity contribution in [3.8, 4) is 0 Å². The van der Waals surface area contributed by atoms with Crippen molar-refractivity contribution < 1.29 is 14.4 Å². The summed E-state index contributed by atoms with van der Waals surface area (Å²) in [5.41, 5.74) is 6.89. The van der Waals surface area contributed by atoms with Crippen molar-refractivity contribution >= 4 is 29.1 Å². The molecule has 3 amide bonds. The number of hydrogen-bond acceptors (Lipinski definition) is 4. The zero-order chi connectivity index (χ0) is 16.8. The van der Waals surface area contributed by atoms with E-state index in [-0.39, 0.29) is 5.56 Å². The summed E-state index contributed by atoms with van der Waals surface area (Å²) in [7, 11) is 0. The van der Waals surface area contributed by atoms with Crippen molar-refractivity contribution in [2.75, 3.05) is 17.2 Å². The van der Waals surface area contributed by atoms with Gasteiger partial charge in [-0.05, 0) is 43.3 Å². The molecular weight excluding hydrogens is 294 g/mol. The lowest BCUT2D eigenvalue weighted by Gasteiger charge is -2.20. The van der Waals surface area contributed by atoms with E-state index >= 15 is 0 Å². The third kappa shape index (κ3) is 3.94. The van der Waals surface area contributed by atoms with Crippen LogP contribution in [0.4, 0.5) is 11.4 Å². The number of carbonyl (C=O) groups excluding carboxylic acids is 3. The number of amides is 3. The minimum absolute atomic E-state index is 0.253. The van der Waals surface area contributed by atoms with Gasteiger partial charge in [0.25, 0.3) is 5.91 Å². The summed E-state index contributed by atoms with van der Waals surface area (Å²) in [6.45, 7) is 2.06. The zero-order valence-electron chi connectivity index (χ0n) is 12.7. The highest BCUT2D eigenvalue weighted by Gasteiger charge is 2.24. The Morgan fingerprint density at radius 3 is 2.17 bits per heavy atom. The number of nitrogens with two attached hydrogens (primary N) is 1. The Labute approximate surface area is 133 Å². The van der Waals surface area contributed by atoms with Gasteiger partial charge in [0.1, 0.15) is 0 Å². The van der Waals surface area contributed by atoms with Crippen molar-refractivity contribution in [1.82, 2.24) is 5.32 Å². The molecule has 0 fully saturated rings. The van der Waals surface area contributed by atoms with Gasteiger partial charge in [-0.2, -0.15) is 0 Å². The Morgan fingerprint density at radius 2 is 1.61 bits per heavy atom. The Kier molecular flexibility index (Phi) is 5.09. The molecule has 23 heavy (non-hydrogen) atoms. The minimum atomic E-state index is -0.975. The second-order valence-electron chi connectivity index (χ2n) is 4.79. The summed E-state index contributed by atoms with van der Waals surface area (Å²) in [5.74, 6) is -2.41. The van der Waals surface area contributed by atoms with Gasteiger partial charge in [0, 0.05) is 23.5 Å². The second-order valence-corrected chi connectivity index (χ2v) is 4.79. The molecule has 0 heterocycles. The van der Waals surface area contributed by atoms with Gasteiger partial charge in [-0.25, -0.2) is 0 Å². The third-order valence-corrected chi connectivity index (χ3v) is 3.22. The number of carbonyl (C=O) groups is 3. The van der Waals surface area contributed by atoms with Crippen LogP contribution in [0.2, 0.25) is 0 Å². The van der Waals surface area contributed by atoms with E-state index in [4.69, 9.17) is 5.73 Å². The number of para-hydroxylation sites is 1. The minimum Gasteiger partial charge on any atom is -0.399 e. The van der Waals surface area contributed by atoms with Gasteiger partial charge in [0.05, 0.1) is 0 Å². The van der Waals surface area contributed by atoms with Gasteiger partial charge >= 0.3 is 11.8 Å². The van der Waals surface area contributed by atoms with Gasteiger partial charge < -0.3 is 10.6 Å². The molecule has 0 radical (unpaired) electrons. The predicted molar refractivity (Wildman–Crippen MR) is 87.8 cm³/mol. The van der Waals surface area contributed by atoms with Gasteiger partial charge in [-0.15, -0.1) is 0 Å². The van der Waals surface area contributed by atoms with Gasteiger partial charge in [-0.3, -0.25) is 19.7 Å². The third-order valence-electron chi connectivity index (χ3n) is 3.22. The molecule has 0 aliphatic rings. The summed E-state index contributed by atoms with van der Waals surface area (Å²) in [6.07, 6.45) is 0. The standard InChI is InChI=1S/C17H17N3O3/c1-2-20(14-6-4-3-5-7-14)17(23)16(22)19-15(21)12-8-10-13(18)11-9-12/h3-11H,2,18H2,1H3,(H,19,21,22). The second kappa shape index (κ2) is 7.22. The highest BCUT2D eigenvalue weighted by atomic mass is 16.2. The maximum Gasteiger partial charge on any atom is 0.316 e. The Bertz CT molecular complexity index is 712. The van der Waals surface area contributed by atoms with E-state index in [0.29, 0.717) is 17.9 Å². The van der Waals surface area contributed by atoms with Gasteiger partial charge in [0.2, 0.25) is 0 Å². The van der Waals surface area contributed by atoms with Crippen LogP contribution in [0.3, 0.4) is 0 Å². The predicted octanol–water partition coefficient (Wildman–Crippen LogP) is 1.58. The van der Waals surface area contributed by atoms with Crippen molar-refractivity contribution in [2.24, 2.45) is 0 Å². The molecule has 0 bridgehead atoms. The summed E-state index contributed by atoms with van der Waals surface area (Å²) in [6, 6.07) is 14.8. The van der Waals surface area contributed by atoms with Crippen molar-refractivity contribution in [1.29, 1.82) is 0 Å². The fourth-order valence-electron chi connectivity index (χ4n) is 2.04. The van der Waals surface area contributed by atoms with Crippen molar-refractivity contribution in [3.63, 3.8) is 0 Å². The number of hydrogen-bond donors (Lipinski definition) is 2. The Balaban J connectivity index is 2.08. The summed E-state index contributed by atoms with van der Waals surface area (Å²) >= 11 is 0. The summed E-state index contributed by atoms with van der Waals surface area (Å²) in [4.78, 5) is 37.5. The monoisotopic (exact) mass is 311 g/mol. The van der Waals surface area contributed by atoms with Crippen molar-refractivity contribution in [2.45, 2.75) is 6.92 Å². The molecule has 0 aliphatic heterocycles. The smallest absolute Gasteiger partial charge is 0.316 e. The molecule has 0 spiro atoms. The lowest BCUT2D eigenvalue weighted by atomic mass is 10.2. The topological polar surface area (TPSA) is 92.5 Å². The van der Waals surface area contributed by atoms with E-state index in [2.05, 4.69) is 5.32 Å². The summed E-state index contributed by atoms with van der Waals surface area (Å²) < 4.78 is 0. The van der Waals surface area contributed by atoms with E-state index in [0.717, 1.165) is 0 Å². The zero-order valence-corrected chi connectivity index (χ0v) is 12.7. The molecule has 2 aromatic rings. The molecule has 0 saturated carbocycles. The number of nitrogens with zero attached hydrogens (tertiary/aromatic N) is 1. The first-order chi connectivity index (χ1) is 11.0. The van der Waals surface area contributed by atoms with Crippen LogP contribution in [-0.4, -0.2) is 24.3 Å². The molecule has 0 aromatic heterocycles. The molecule has 0 unspecified atom stereocenters. The number of likely N-dealkylation sites (N-methyl/N-ethyl adjacent to an activating group) is 1. The maximum atomic E-state index is 12.2. The number of imide groups is 1. The van der Waals surface area contributed by atoms with Crippen LogP contribution in [0, 0.1) is 0 Å². The fourth-order valence-corrected chi connectivity index (χ4v) is 2.04. The quantitative estimate of drug-likeness (QED) is 0.665. The highest BCUT2D eigenvalue weighted by Crippen LogP contribution is 2.13. The molecule has 0 saturated heterocycles. The molecule has 3 N–H and O–H groups in total. The van der Waals surface area contributed by atoms with Crippen LogP contribution in [0.25, 0.3) is 0 Å². The molecule has 6 heteroatoms. The van der Waals surface area contributed by atoms with Gasteiger partial charge in [-0.1, -0.05) is 18.2 Å². The van der Waals surface area contributed by atoms with Crippen LogP contribution >= 0.6 is 0 Å². The average molecular weight is 311 g/mol. The normalized spacial score (nSPS) is 9.96. The number of nitrogens with one attached hydrogen (secondary N) is 1. The van der Waals surface area contributed by atoms with Crippen LogP contribution in [0.15, 0.2) is 54.6 Å². The summed E-state index contributed by atoms with van der Waals surface area (Å²) in [5, 5.41) is 2.09. The number of rotatable bonds is 3. The lowest BCUT2D eigenvalue weighted by molar-refractivity contribution is -0.137. The number of anilines is 2. The van der Waals surface area contributed by atoms with Crippen LogP contribution < -0.4 is 16.0 Å². The lowest BCUT2D eigenvalue weighted by Crippen LogP contribution is -2.45. The molecular formula is C17H17N3O3. The Hall–Kier alpha value is -3.15. The van der Waals surface area contributed by atoms with E-state index in [1.165, 1.54) is 17.0 Å². The van der Waals surface area contributed by atoms with E-state index in [1.807, 2.05) is 6.07 Å². The highest BCUT2D eigenvalue weighted by molar-refractivity contribution is 6.43. The van der Waals surface area contributed by atoms with Crippen LogP contribution in [-0.2, 0) is 9.59 Å². The molecule has 118 valence electrons. The first-order valence-electron chi connectivity index (χ1n) is 7.10. The number of benzene rings is 2. The first kappa shape index (κ1) is 16.2. The fraction of sp³-hybridized carbons (Fsp3) is 0.118. The number of nitrogen functional groups attached to an aromatic ring is 1. The molecule has 2 aromatic carbocycles. The average Bonchev–Trinajstić information content (AvgIpc) is 2.57. The van der Waals surface area contributed by atoms with Crippen molar-refractivity contribution in [3.05, 3.63) is 60.2 Å². The maximum absolute atomic E-state index is 12.2. The molecule has 0 aliphatic carbocycles. The molecule has 2 rings (SSSR count).